The van der Waals surface area contributed by atoms with Crippen LogP contribution in [0.5, 0.6) is 11.5 Å². The molecule has 2 N–H and O–H groups in total. The van der Waals surface area contributed by atoms with Gasteiger partial charge in [-0.05, 0) is 31.2 Å². The molecule has 2 amide bonds. The monoisotopic (exact) mass is 319 g/mol. The Bertz CT molecular complexity index is 662. The highest BCUT2D eigenvalue weighted by Crippen LogP contribution is 2.22. The highest BCUT2D eigenvalue weighted by atomic mass is 19.1. The number of likely N-dealkylation sites (N-methyl/N-ethyl adjacent to an activating group) is 1. The third-order valence-corrected chi connectivity index (χ3v) is 2.89. The van der Waals surface area contributed by atoms with E-state index in [-0.39, 0.29) is 18.4 Å². The summed E-state index contributed by atoms with van der Waals surface area (Å²) in [6.07, 6.45) is 0.815. The van der Waals surface area contributed by atoms with Gasteiger partial charge in [0.15, 0.2) is 0 Å². The van der Waals surface area contributed by atoms with Gasteiger partial charge in [0.1, 0.15) is 23.1 Å². The predicted octanol–water partition coefficient (Wildman–Crippen LogP) is 2.86. The van der Waals surface area contributed by atoms with Gasteiger partial charge in [-0.3, -0.25) is 5.32 Å². The van der Waals surface area contributed by atoms with Gasteiger partial charge in [0, 0.05) is 19.7 Å². The number of aliphatic hydroxyl groups is 1. The summed E-state index contributed by atoms with van der Waals surface area (Å²) in [5.41, 5.74) is 0. The Morgan fingerprint density at radius 2 is 2.17 bits per heavy atom. The van der Waals surface area contributed by atoms with Crippen LogP contribution in [0.2, 0.25) is 0 Å². The Morgan fingerprint density at radius 1 is 1.39 bits per heavy atom. The average Bonchev–Trinajstić information content (AvgIpc) is 2.48. The third-order valence-electron chi connectivity index (χ3n) is 2.89. The molecule has 0 aliphatic carbocycles. The number of urea groups is 1. The fourth-order valence-electron chi connectivity index (χ4n) is 1.87. The minimum atomic E-state index is -0.610. The topological polar surface area (TPSA) is 74.7 Å². The van der Waals surface area contributed by atoms with Crippen LogP contribution in [0, 0.1) is 5.82 Å². The van der Waals surface area contributed by atoms with Crippen molar-refractivity contribution in [3.05, 3.63) is 48.4 Å². The number of ether oxygens (including phenoxy) is 1. The second-order valence-electron chi connectivity index (χ2n) is 5.10. The van der Waals surface area contributed by atoms with Gasteiger partial charge in [-0.2, -0.15) is 0 Å². The SMILES string of the molecule is C[C@H](O)CN(C)C(=O)Nc1ccc(Oc2cccc(F)c2)cn1. The summed E-state index contributed by atoms with van der Waals surface area (Å²) < 4.78 is 18.5. The number of carbonyl (C=O) groups excluding carboxylic acids is 1. The molecule has 6 nitrogen and oxygen atoms in total. The lowest BCUT2D eigenvalue weighted by molar-refractivity contribution is 0.149. The summed E-state index contributed by atoms with van der Waals surface area (Å²) in [6.45, 7) is 1.81. The quantitative estimate of drug-likeness (QED) is 0.888. The lowest BCUT2D eigenvalue weighted by atomic mass is 10.3. The zero-order valence-electron chi connectivity index (χ0n) is 12.9. The molecule has 0 bridgehead atoms. The van der Waals surface area contributed by atoms with Crippen molar-refractivity contribution in [2.24, 2.45) is 0 Å². The van der Waals surface area contributed by atoms with Crippen molar-refractivity contribution in [1.29, 1.82) is 0 Å². The van der Waals surface area contributed by atoms with Crippen LogP contribution in [0.1, 0.15) is 6.92 Å². The van der Waals surface area contributed by atoms with Crippen molar-refractivity contribution < 1.29 is 19.0 Å². The van der Waals surface area contributed by atoms with E-state index < -0.39 is 6.10 Å². The number of carbonyl (C=O) groups is 1. The van der Waals surface area contributed by atoms with Crippen molar-refractivity contribution in [3.63, 3.8) is 0 Å². The molecule has 122 valence electrons. The van der Waals surface area contributed by atoms with E-state index >= 15 is 0 Å². The number of anilines is 1. The molecular weight excluding hydrogens is 301 g/mol. The number of hydrogen-bond acceptors (Lipinski definition) is 4. The lowest BCUT2D eigenvalue weighted by Crippen LogP contribution is -2.36. The number of aliphatic hydroxyl groups excluding tert-OH is 1. The molecule has 0 saturated heterocycles. The molecule has 0 radical (unpaired) electrons. The maximum Gasteiger partial charge on any atom is 0.322 e. The second-order valence-corrected chi connectivity index (χ2v) is 5.10. The van der Waals surface area contributed by atoms with Crippen LogP contribution in [0.4, 0.5) is 15.0 Å². The molecule has 0 unspecified atom stereocenters. The number of aromatic nitrogens is 1. The standard InChI is InChI=1S/C16H18FN3O3/c1-11(21)10-20(2)16(22)19-15-7-6-14(9-18-15)23-13-5-3-4-12(17)8-13/h3-9,11,21H,10H2,1-2H3,(H,18,19,22)/t11-/m0/s1. The third kappa shape index (κ3) is 5.23. The Labute approximate surface area is 133 Å². The van der Waals surface area contributed by atoms with Crippen LogP contribution >= 0.6 is 0 Å². The first-order valence-electron chi connectivity index (χ1n) is 7.03. The fraction of sp³-hybridized carbons (Fsp3) is 0.250. The zero-order chi connectivity index (χ0) is 16.8. The van der Waals surface area contributed by atoms with E-state index in [4.69, 9.17) is 4.74 Å². The van der Waals surface area contributed by atoms with Crippen molar-refractivity contribution in [1.82, 2.24) is 9.88 Å². The normalized spacial score (nSPS) is 11.7. The summed E-state index contributed by atoms with van der Waals surface area (Å²) in [7, 11) is 1.57. The van der Waals surface area contributed by atoms with E-state index in [1.165, 1.54) is 23.2 Å². The summed E-state index contributed by atoms with van der Waals surface area (Å²) in [5, 5.41) is 11.8. The average molecular weight is 319 g/mol. The van der Waals surface area contributed by atoms with Crippen molar-refractivity contribution >= 4 is 11.8 Å². The Hall–Kier alpha value is -2.67. The highest BCUT2D eigenvalue weighted by Gasteiger charge is 2.11. The van der Waals surface area contributed by atoms with Gasteiger partial charge < -0.3 is 14.7 Å². The van der Waals surface area contributed by atoms with E-state index in [1.807, 2.05) is 0 Å². The molecule has 2 rings (SSSR count). The van der Waals surface area contributed by atoms with Crippen LogP contribution in [0.3, 0.4) is 0 Å². The minimum Gasteiger partial charge on any atom is -0.456 e. The van der Waals surface area contributed by atoms with Crippen molar-refractivity contribution in [2.75, 3.05) is 18.9 Å². The van der Waals surface area contributed by atoms with Crippen molar-refractivity contribution in [3.8, 4) is 11.5 Å². The number of rotatable bonds is 5. The van der Waals surface area contributed by atoms with Crippen LogP contribution in [0.25, 0.3) is 0 Å². The number of hydrogen-bond donors (Lipinski definition) is 2. The summed E-state index contributed by atoms with van der Waals surface area (Å²) in [5.74, 6) is 0.741. The fourth-order valence-corrected chi connectivity index (χ4v) is 1.87. The molecule has 1 aromatic heterocycles. The number of nitrogens with zero attached hydrogens (tertiary/aromatic N) is 2. The molecule has 0 saturated carbocycles. The maximum absolute atomic E-state index is 13.1. The number of amides is 2. The van der Waals surface area contributed by atoms with Crippen LogP contribution in [-0.2, 0) is 0 Å². The molecule has 0 aliphatic rings. The molecule has 0 fully saturated rings. The lowest BCUT2D eigenvalue weighted by Gasteiger charge is -2.19. The Kier molecular flexibility index (Phi) is 5.48. The van der Waals surface area contributed by atoms with E-state index in [9.17, 15) is 14.3 Å². The molecule has 1 atom stereocenters. The molecule has 0 aliphatic heterocycles. The van der Waals surface area contributed by atoms with Gasteiger partial charge in [-0.1, -0.05) is 6.07 Å². The molecule has 2 aromatic rings. The van der Waals surface area contributed by atoms with Gasteiger partial charge in [0.05, 0.1) is 12.3 Å². The number of halogens is 1. The molecule has 7 heteroatoms. The molecule has 1 aromatic carbocycles. The summed E-state index contributed by atoms with van der Waals surface area (Å²) in [6, 6.07) is 8.57. The van der Waals surface area contributed by atoms with Crippen LogP contribution < -0.4 is 10.1 Å². The van der Waals surface area contributed by atoms with Gasteiger partial charge >= 0.3 is 6.03 Å². The highest BCUT2D eigenvalue weighted by molar-refractivity contribution is 5.88. The number of benzene rings is 1. The van der Waals surface area contributed by atoms with Gasteiger partial charge in [-0.15, -0.1) is 0 Å². The van der Waals surface area contributed by atoms with E-state index in [0.717, 1.165) is 0 Å². The molecule has 0 spiro atoms. The minimum absolute atomic E-state index is 0.215. The van der Waals surface area contributed by atoms with Crippen LogP contribution in [0.15, 0.2) is 42.6 Å². The van der Waals surface area contributed by atoms with E-state index in [2.05, 4.69) is 10.3 Å². The maximum atomic E-state index is 13.1. The Balaban J connectivity index is 1.95. The van der Waals surface area contributed by atoms with E-state index in [0.29, 0.717) is 17.3 Å². The first kappa shape index (κ1) is 16.7. The first-order valence-corrected chi connectivity index (χ1v) is 7.03. The van der Waals surface area contributed by atoms with Crippen LogP contribution in [-0.4, -0.2) is 40.7 Å². The zero-order valence-corrected chi connectivity index (χ0v) is 12.9. The predicted molar refractivity (Wildman–Crippen MR) is 84.0 cm³/mol. The molecular formula is C16H18FN3O3. The second kappa shape index (κ2) is 7.55. The van der Waals surface area contributed by atoms with Crippen molar-refractivity contribution in [2.45, 2.75) is 13.0 Å². The number of nitrogens with one attached hydrogen (secondary N) is 1. The summed E-state index contributed by atoms with van der Waals surface area (Å²) >= 11 is 0. The largest absolute Gasteiger partial charge is 0.456 e. The van der Waals surface area contributed by atoms with E-state index in [1.54, 1.807) is 38.2 Å². The molecule has 1 heterocycles. The smallest absolute Gasteiger partial charge is 0.322 e. The molecule has 23 heavy (non-hydrogen) atoms. The number of pyridine rings is 1. The first-order chi connectivity index (χ1) is 10.9. The Morgan fingerprint density at radius 3 is 2.78 bits per heavy atom. The van der Waals surface area contributed by atoms with Gasteiger partial charge in [-0.25, -0.2) is 14.2 Å². The van der Waals surface area contributed by atoms with Gasteiger partial charge in [0.25, 0.3) is 0 Å². The summed E-state index contributed by atoms with van der Waals surface area (Å²) in [4.78, 5) is 17.3. The van der Waals surface area contributed by atoms with Gasteiger partial charge in [0.2, 0.25) is 0 Å².